The minimum absolute atomic E-state index is 0.0562. The molecule has 0 saturated carbocycles. The molecule has 1 aromatic rings. The molecule has 0 unspecified atom stereocenters. The first-order valence-electron chi connectivity index (χ1n) is 6.37. The number of hydrogen-bond donors (Lipinski definition) is 2. The number of nitrogens with zero attached hydrogens (tertiary/aromatic N) is 2. The van der Waals surface area contributed by atoms with Gasteiger partial charge in [0, 0.05) is 31.3 Å². The Kier molecular flexibility index (Phi) is 6.27. The molecular formula is C14H22N2O4. The van der Waals surface area contributed by atoms with Crippen LogP contribution in [0.4, 0.5) is 0 Å². The minimum Gasteiger partial charge on any atom is -0.507 e. The fraction of sp³-hybridized carbons (Fsp3) is 0.500. The van der Waals surface area contributed by atoms with E-state index in [2.05, 4.69) is 0 Å². The van der Waals surface area contributed by atoms with Gasteiger partial charge in [0.15, 0.2) is 0 Å². The summed E-state index contributed by atoms with van der Waals surface area (Å²) < 4.78 is 5.02. The van der Waals surface area contributed by atoms with Crippen molar-refractivity contribution < 1.29 is 19.7 Å². The molecular weight excluding hydrogens is 260 g/mol. The Morgan fingerprint density at radius 3 is 2.50 bits per heavy atom. The van der Waals surface area contributed by atoms with Crippen LogP contribution in [0.2, 0.25) is 0 Å². The number of aromatic hydroxyl groups is 1. The second kappa shape index (κ2) is 7.72. The third-order valence-electron chi connectivity index (χ3n) is 2.91. The molecule has 6 nitrogen and oxygen atoms in total. The van der Waals surface area contributed by atoms with Crippen molar-refractivity contribution in [2.24, 2.45) is 0 Å². The Morgan fingerprint density at radius 1 is 1.30 bits per heavy atom. The molecule has 0 radical (unpaired) electrons. The van der Waals surface area contributed by atoms with Crippen LogP contribution in [0.15, 0.2) is 18.2 Å². The molecule has 1 rings (SSSR count). The molecule has 0 bridgehead atoms. The first-order chi connectivity index (χ1) is 9.42. The number of likely N-dealkylation sites (N-methyl/N-ethyl adjacent to an activating group) is 1. The molecule has 0 spiro atoms. The highest BCUT2D eigenvalue weighted by atomic mass is 16.5. The Labute approximate surface area is 119 Å². The van der Waals surface area contributed by atoms with E-state index in [-0.39, 0.29) is 12.3 Å². The van der Waals surface area contributed by atoms with Crippen LogP contribution >= 0.6 is 0 Å². The Morgan fingerprint density at radius 2 is 2.00 bits per heavy atom. The summed E-state index contributed by atoms with van der Waals surface area (Å²) in [6.07, 6.45) is 0. The zero-order chi connectivity index (χ0) is 15.1. The maximum absolute atomic E-state index is 10.9. The predicted molar refractivity (Wildman–Crippen MR) is 76.1 cm³/mol. The van der Waals surface area contributed by atoms with Crippen LogP contribution in [-0.2, 0) is 11.3 Å². The molecule has 0 aromatic heterocycles. The van der Waals surface area contributed by atoms with Crippen LogP contribution in [0.1, 0.15) is 5.56 Å². The number of aliphatic carboxylic acids is 1. The van der Waals surface area contributed by atoms with Crippen LogP contribution < -0.4 is 4.74 Å². The van der Waals surface area contributed by atoms with E-state index >= 15 is 0 Å². The van der Waals surface area contributed by atoms with Gasteiger partial charge < -0.3 is 19.8 Å². The lowest BCUT2D eigenvalue weighted by Crippen LogP contribution is -2.35. The van der Waals surface area contributed by atoms with Gasteiger partial charge in [0.2, 0.25) is 0 Å². The number of carbonyl (C=O) groups is 1. The average Bonchev–Trinajstić information content (AvgIpc) is 2.37. The van der Waals surface area contributed by atoms with Gasteiger partial charge >= 0.3 is 5.97 Å². The smallest absolute Gasteiger partial charge is 0.317 e. The van der Waals surface area contributed by atoms with Crippen LogP contribution in [0.25, 0.3) is 0 Å². The van der Waals surface area contributed by atoms with Crippen molar-refractivity contribution in [1.29, 1.82) is 0 Å². The average molecular weight is 282 g/mol. The van der Waals surface area contributed by atoms with E-state index in [1.54, 1.807) is 17.0 Å². The van der Waals surface area contributed by atoms with Crippen LogP contribution in [0.3, 0.4) is 0 Å². The van der Waals surface area contributed by atoms with Crippen molar-refractivity contribution in [2.45, 2.75) is 6.54 Å². The Hall–Kier alpha value is -1.79. The number of carboxylic acid groups (broad SMARTS) is 1. The molecule has 0 aliphatic carbocycles. The second-order valence-electron chi connectivity index (χ2n) is 4.90. The summed E-state index contributed by atoms with van der Waals surface area (Å²) in [7, 11) is 5.40. The standard InChI is InChI=1S/C14H22N2O4/c1-15(2)6-7-16(10-14(18)19)9-11-4-5-12(20-3)8-13(11)17/h4-5,8,17H,6-7,9-10H2,1-3H3,(H,18,19). The molecule has 0 heterocycles. The largest absolute Gasteiger partial charge is 0.507 e. The van der Waals surface area contributed by atoms with Gasteiger partial charge in [0.05, 0.1) is 13.7 Å². The molecule has 0 amide bonds. The maximum Gasteiger partial charge on any atom is 0.317 e. The molecule has 1 aromatic carbocycles. The SMILES string of the molecule is COc1ccc(CN(CCN(C)C)CC(=O)O)c(O)c1. The molecule has 0 aliphatic rings. The highest BCUT2D eigenvalue weighted by Gasteiger charge is 2.13. The van der Waals surface area contributed by atoms with Gasteiger partial charge in [-0.05, 0) is 20.2 Å². The van der Waals surface area contributed by atoms with Gasteiger partial charge in [-0.25, -0.2) is 0 Å². The van der Waals surface area contributed by atoms with E-state index in [1.807, 2.05) is 19.0 Å². The normalized spacial score (nSPS) is 11.1. The summed E-state index contributed by atoms with van der Waals surface area (Å²) >= 11 is 0. The van der Waals surface area contributed by atoms with Crippen molar-refractivity contribution in [3.05, 3.63) is 23.8 Å². The van der Waals surface area contributed by atoms with Crippen LogP contribution in [0.5, 0.6) is 11.5 Å². The summed E-state index contributed by atoms with van der Waals surface area (Å²) in [5.74, 6) is -0.189. The minimum atomic E-state index is -0.878. The quantitative estimate of drug-likeness (QED) is 0.736. The van der Waals surface area contributed by atoms with Gasteiger partial charge in [-0.2, -0.15) is 0 Å². The van der Waals surface area contributed by atoms with E-state index in [9.17, 15) is 9.90 Å². The third-order valence-corrected chi connectivity index (χ3v) is 2.91. The highest BCUT2D eigenvalue weighted by molar-refractivity contribution is 5.69. The van der Waals surface area contributed by atoms with Crippen LogP contribution in [-0.4, -0.2) is 66.8 Å². The highest BCUT2D eigenvalue weighted by Crippen LogP contribution is 2.24. The maximum atomic E-state index is 10.9. The van der Waals surface area contributed by atoms with Gasteiger partial charge in [0.25, 0.3) is 0 Å². The molecule has 0 atom stereocenters. The first-order valence-corrected chi connectivity index (χ1v) is 6.37. The van der Waals surface area contributed by atoms with Crippen molar-refractivity contribution in [3.8, 4) is 11.5 Å². The van der Waals surface area contributed by atoms with Crippen molar-refractivity contribution >= 4 is 5.97 Å². The van der Waals surface area contributed by atoms with Gasteiger partial charge in [-0.1, -0.05) is 6.07 Å². The topological polar surface area (TPSA) is 73.2 Å². The molecule has 2 N–H and O–H groups in total. The van der Waals surface area contributed by atoms with E-state index in [0.29, 0.717) is 24.4 Å². The van der Waals surface area contributed by atoms with Gasteiger partial charge in [-0.3, -0.25) is 9.69 Å². The fourth-order valence-electron chi connectivity index (χ4n) is 1.79. The number of carboxylic acids is 1. The predicted octanol–water partition coefficient (Wildman–Crippen LogP) is 0.849. The summed E-state index contributed by atoms with van der Waals surface area (Å²) in [4.78, 5) is 14.7. The lowest BCUT2D eigenvalue weighted by Gasteiger charge is -2.22. The van der Waals surface area contributed by atoms with Crippen LogP contribution in [0, 0.1) is 0 Å². The molecule has 0 saturated heterocycles. The molecule has 0 aliphatic heterocycles. The third kappa shape index (κ3) is 5.46. The lowest BCUT2D eigenvalue weighted by atomic mass is 10.1. The number of ether oxygens (including phenoxy) is 1. The van der Waals surface area contributed by atoms with E-state index < -0.39 is 5.97 Å². The molecule has 0 fully saturated rings. The van der Waals surface area contributed by atoms with Crippen molar-refractivity contribution in [3.63, 3.8) is 0 Å². The summed E-state index contributed by atoms with van der Waals surface area (Å²) in [5, 5.41) is 18.9. The Balaban J connectivity index is 2.74. The monoisotopic (exact) mass is 282 g/mol. The Bertz CT molecular complexity index is 449. The summed E-state index contributed by atoms with van der Waals surface area (Å²) in [6, 6.07) is 5.03. The molecule has 20 heavy (non-hydrogen) atoms. The molecule has 112 valence electrons. The molecule has 6 heteroatoms. The number of methoxy groups -OCH3 is 1. The number of rotatable bonds is 8. The zero-order valence-corrected chi connectivity index (χ0v) is 12.2. The number of benzene rings is 1. The lowest BCUT2D eigenvalue weighted by molar-refractivity contribution is -0.138. The van der Waals surface area contributed by atoms with Crippen molar-refractivity contribution in [1.82, 2.24) is 9.80 Å². The summed E-state index contributed by atoms with van der Waals surface area (Å²) in [5.41, 5.74) is 0.686. The second-order valence-corrected chi connectivity index (χ2v) is 4.90. The van der Waals surface area contributed by atoms with E-state index in [0.717, 1.165) is 6.54 Å². The summed E-state index contributed by atoms with van der Waals surface area (Å²) in [6.45, 7) is 1.70. The first kappa shape index (κ1) is 16.3. The van der Waals surface area contributed by atoms with E-state index in [4.69, 9.17) is 9.84 Å². The number of phenolic OH excluding ortho intramolecular Hbond substituents is 1. The zero-order valence-electron chi connectivity index (χ0n) is 12.2. The van der Waals surface area contributed by atoms with Gasteiger partial charge in [-0.15, -0.1) is 0 Å². The van der Waals surface area contributed by atoms with Crippen molar-refractivity contribution in [2.75, 3.05) is 40.8 Å². The number of phenols is 1. The van der Waals surface area contributed by atoms with Gasteiger partial charge in [0.1, 0.15) is 11.5 Å². The number of hydrogen-bond acceptors (Lipinski definition) is 5. The van der Waals surface area contributed by atoms with E-state index in [1.165, 1.54) is 13.2 Å². The fourth-order valence-corrected chi connectivity index (χ4v) is 1.79.